The molecule has 3 aromatic rings. The van der Waals surface area contributed by atoms with Crippen LogP contribution in [0.15, 0.2) is 60.8 Å². The van der Waals surface area contributed by atoms with Crippen LogP contribution in [0.25, 0.3) is 11.3 Å². The molecule has 0 aliphatic carbocycles. The first-order valence-corrected chi connectivity index (χ1v) is 9.11. The molecule has 0 spiro atoms. The molecule has 0 radical (unpaired) electrons. The van der Waals surface area contributed by atoms with E-state index >= 15 is 0 Å². The summed E-state index contributed by atoms with van der Waals surface area (Å²) in [6, 6.07) is 16.6. The number of amides is 2. The van der Waals surface area contributed by atoms with Crippen LogP contribution in [0.4, 0.5) is 0 Å². The summed E-state index contributed by atoms with van der Waals surface area (Å²) < 4.78 is 1.46. The van der Waals surface area contributed by atoms with Crippen molar-refractivity contribution in [1.82, 2.24) is 15.1 Å². The van der Waals surface area contributed by atoms with Crippen LogP contribution >= 0.6 is 0 Å². The van der Waals surface area contributed by atoms with E-state index in [1.54, 1.807) is 55.6 Å². The van der Waals surface area contributed by atoms with Crippen LogP contribution in [0.3, 0.4) is 0 Å². The summed E-state index contributed by atoms with van der Waals surface area (Å²) in [5, 5.41) is 16.1. The van der Waals surface area contributed by atoms with Crippen molar-refractivity contribution in [3.8, 4) is 17.3 Å². The average molecular weight is 401 g/mol. The maximum atomic E-state index is 13.0. The van der Waals surface area contributed by atoms with Gasteiger partial charge in [0.05, 0.1) is 17.2 Å². The van der Waals surface area contributed by atoms with E-state index in [2.05, 4.69) is 10.4 Å². The number of ketones is 1. The summed E-state index contributed by atoms with van der Waals surface area (Å²) in [6.45, 7) is 0. The number of nitriles is 1. The Morgan fingerprint density at radius 1 is 1.17 bits per heavy atom. The molecule has 8 heteroatoms. The minimum absolute atomic E-state index is 0.119. The fourth-order valence-electron chi connectivity index (χ4n) is 3.07. The first kappa shape index (κ1) is 20.5. The van der Waals surface area contributed by atoms with Crippen molar-refractivity contribution >= 4 is 17.6 Å². The Hall–Kier alpha value is -4.25. The van der Waals surface area contributed by atoms with Crippen molar-refractivity contribution in [1.29, 1.82) is 5.26 Å². The van der Waals surface area contributed by atoms with Gasteiger partial charge in [-0.05, 0) is 17.7 Å². The summed E-state index contributed by atoms with van der Waals surface area (Å²) in [6.07, 6.45) is 1.63. The van der Waals surface area contributed by atoms with Crippen molar-refractivity contribution < 1.29 is 14.4 Å². The highest BCUT2D eigenvalue weighted by molar-refractivity contribution is 6.38. The molecule has 8 nitrogen and oxygen atoms in total. The number of carbonyl (C=O) groups excluding carboxylic acids is 3. The molecule has 1 aromatic heterocycles. The number of hydrogen-bond acceptors (Lipinski definition) is 5. The van der Waals surface area contributed by atoms with Crippen molar-refractivity contribution in [2.75, 3.05) is 0 Å². The van der Waals surface area contributed by atoms with E-state index in [1.807, 2.05) is 12.1 Å². The number of primary amides is 1. The highest BCUT2D eigenvalue weighted by atomic mass is 16.2. The van der Waals surface area contributed by atoms with Gasteiger partial charge in [-0.3, -0.25) is 19.1 Å². The number of aromatic nitrogens is 2. The Labute approximate surface area is 172 Å². The lowest BCUT2D eigenvalue weighted by Crippen LogP contribution is -2.47. The minimum Gasteiger partial charge on any atom is -0.363 e. The van der Waals surface area contributed by atoms with Crippen LogP contribution in [-0.4, -0.2) is 33.4 Å². The van der Waals surface area contributed by atoms with Gasteiger partial charge in [0.1, 0.15) is 11.7 Å². The van der Waals surface area contributed by atoms with Crippen molar-refractivity contribution in [3.63, 3.8) is 0 Å². The van der Waals surface area contributed by atoms with E-state index in [4.69, 9.17) is 11.0 Å². The van der Waals surface area contributed by atoms with Crippen LogP contribution in [0, 0.1) is 11.3 Å². The van der Waals surface area contributed by atoms with Crippen molar-refractivity contribution in [3.05, 3.63) is 77.5 Å². The molecule has 0 fully saturated rings. The van der Waals surface area contributed by atoms with Gasteiger partial charge in [-0.2, -0.15) is 10.4 Å². The maximum Gasteiger partial charge on any atom is 0.287 e. The lowest BCUT2D eigenvalue weighted by Gasteiger charge is -2.16. The third-order valence-corrected chi connectivity index (χ3v) is 4.49. The van der Waals surface area contributed by atoms with Crippen LogP contribution in [0.1, 0.15) is 21.5 Å². The third kappa shape index (κ3) is 4.59. The standard InChI is InChI=1S/C22H19N5O3/c1-27-13-17(19(26-27)16-9-5-8-15(10-16)12-23)22(30)25-18(20(28)21(24)29)11-14-6-3-2-4-7-14/h2-10,13,18H,11H2,1H3,(H2,24,29)(H,25,30)/t18-/m0/s1. The van der Waals surface area contributed by atoms with Gasteiger partial charge in [-0.25, -0.2) is 0 Å². The first-order chi connectivity index (χ1) is 14.4. The van der Waals surface area contributed by atoms with Crippen LogP contribution in [0.5, 0.6) is 0 Å². The molecule has 3 N–H and O–H groups in total. The monoisotopic (exact) mass is 401 g/mol. The summed E-state index contributed by atoms with van der Waals surface area (Å²) in [7, 11) is 1.66. The number of rotatable bonds is 7. The van der Waals surface area contributed by atoms with Crippen LogP contribution in [0.2, 0.25) is 0 Å². The number of aryl methyl sites for hydroxylation is 1. The van der Waals surface area contributed by atoms with Gasteiger partial charge < -0.3 is 11.1 Å². The number of benzene rings is 2. The molecule has 30 heavy (non-hydrogen) atoms. The predicted molar refractivity (Wildman–Crippen MR) is 109 cm³/mol. The van der Waals surface area contributed by atoms with E-state index in [0.717, 1.165) is 5.56 Å². The fraction of sp³-hybridized carbons (Fsp3) is 0.136. The molecule has 150 valence electrons. The zero-order valence-electron chi connectivity index (χ0n) is 16.2. The molecule has 0 saturated heterocycles. The minimum atomic E-state index is -1.12. The zero-order valence-corrected chi connectivity index (χ0v) is 16.2. The summed E-state index contributed by atoms with van der Waals surface area (Å²) in [5.74, 6) is -2.58. The van der Waals surface area contributed by atoms with E-state index in [1.165, 1.54) is 10.9 Å². The predicted octanol–water partition coefficient (Wildman–Crippen LogP) is 1.35. The van der Waals surface area contributed by atoms with Gasteiger partial charge in [0.2, 0.25) is 5.78 Å². The molecule has 1 heterocycles. The molecule has 0 unspecified atom stereocenters. The SMILES string of the molecule is Cn1cc(C(=O)N[C@@H](Cc2ccccc2)C(=O)C(N)=O)c(-c2cccc(C#N)c2)n1. The Morgan fingerprint density at radius 2 is 1.90 bits per heavy atom. The second-order valence-corrected chi connectivity index (χ2v) is 6.70. The molecule has 3 rings (SSSR count). The second kappa shape index (κ2) is 8.84. The van der Waals surface area contributed by atoms with E-state index in [0.29, 0.717) is 16.8 Å². The van der Waals surface area contributed by atoms with Gasteiger partial charge in [-0.15, -0.1) is 0 Å². The number of nitrogens with two attached hydrogens (primary N) is 1. The zero-order chi connectivity index (χ0) is 21.7. The molecule has 2 aromatic carbocycles. The second-order valence-electron chi connectivity index (χ2n) is 6.70. The fourth-order valence-corrected chi connectivity index (χ4v) is 3.07. The molecule has 1 atom stereocenters. The first-order valence-electron chi connectivity index (χ1n) is 9.11. The third-order valence-electron chi connectivity index (χ3n) is 4.49. The molecule has 0 aliphatic rings. The highest BCUT2D eigenvalue weighted by Crippen LogP contribution is 2.23. The molecule has 0 saturated carbocycles. The van der Waals surface area contributed by atoms with Gasteiger partial charge in [0.25, 0.3) is 11.8 Å². The molecular weight excluding hydrogens is 382 g/mol. The average Bonchev–Trinajstić information content (AvgIpc) is 3.15. The van der Waals surface area contributed by atoms with Crippen LogP contribution < -0.4 is 11.1 Å². The van der Waals surface area contributed by atoms with Gasteiger partial charge in [0.15, 0.2) is 0 Å². The topological polar surface area (TPSA) is 131 Å². The normalized spacial score (nSPS) is 11.3. The Bertz CT molecular complexity index is 1150. The van der Waals surface area contributed by atoms with E-state index in [9.17, 15) is 14.4 Å². The molecule has 0 aliphatic heterocycles. The quantitative estimate of drug-likeness (QED) is 0.577. The summed E-state index contributed by atoms with van der Waals surface area (Å²) in [4.78, 5) is 36.8. The van der Waals surface area contributed by atoms with Gasteiger partial charge in [0, 0.05) is 25.2 Å². The number of Topliss-reactive ketones (excluding diaryl/α,β-unsaturated/α-hetero) is 1. The summed E-state index contributed by atoms with van der Waals surface area (Å²) >= 11 is 0. The lowest BCUT2D eigenvalue weighted by atomic mass is 10.0. The lowest BCUT2D eigenvalue weighted by molar-refractivity contribution is -0.137. The smallest absolute Gasteiger partial charge is 0.287 e. The largest absolute Gasteiger partial charge is 0.363 e. The number of hydrogen-bond donors (Lipinski definition) is 2. The van der Waals surface area contributed by atoms with E-state index in [-0.39, 0.29) is 12.0 Å². The number of carbonyl (C=O) groups is 3. The Morgan fingerprint density at radius 3 is 2.57 bits per heavy atom. The van der Waals surface area contributed by atoms with Gasteiger partial charge in [-0.1, -0.05) is 42.5 Å². The van der Waals surface area contributed by atoms with Crippen molar-refractivity contribution in [2.45, 2.75) is 12.5 Å². The van der Waals surface area contributed by atoms with Crippen molar-refractivity contribution in [2.24, 2.45) is 12.8 Å². The maximum absolute atomic E-state index is 13.0. The highest BCUT2D eigenvalue weighted by Gasteiger charge is 2.27. The molecular formula is C22H19N5O3. The molecule has 0 bridgehead atoms. The van der Waals surface area contributed by atoms with Crippen LogP contribution in [-0.2, 0) is 23.1 Å². The van der Waals surface area contributed by atoms with E-state index < -0.39 is 23.6 Å². The Kier molecular flexibility index (Phi) is 6.03. The molecule has 2 amide bonds. The Balaban J connectivity index is 1.92. The number of nitrogens with one attached hydrogen (secondary N) is 1. The number of nitrogens with zero attached hydrogens (tertiary/aromatic N) is 3. The summed E-state index contributed by atoms with van der Waals surface area (Å²) in [5.41, 5.74) is 7.52. The van der Waals surface area contributed by atoms with Gasteiger partial charge >= 0.3 is 0 Å².